The van der Waals surface area contributed by atoms with E-state index >= 15 is 0 Å². The number of guanidine groups is 1. The molecule has 6 heteroatoms. The molecule has 1 aromatic carbocycles. The minimum atomic E-state index is 0. The van der Waals surface area contributed by atoms with Crippen molar-refractivity contribution in [1.82, 2.24) is 10.6 Å². The van der Waals surface area contributed by atoms with Gasteiger partial charge in [-0.1, -0.05) is 18.6 Å². The quantitative estimate of drug-likeness (QED) is 0.387. The second kappa shape index (κ2) is 10.5. The highest BCUT2D eigenvalue weighted by Gasteiger charge is 2.36. The van der Waals surface area contributed by atoms with Gasteiger partial charge in [-0.25, -0.2) is 0 Å². The third-order valence-electron chi connectivity index (χ3n) is 4.65. The summed E-state index contributed by atoms with van der Waals surface area (Å²) in [6.45, 7) is 2.44. The maximum absolute atomic E-state index is 8.82. The lowest BCUT2D eigenvalue weighted by atomic mass is 9.67. The lowest BCUT2D eigenvalue weighted by Gasteiger charge is -2.42. The highest BCUT2D eigenvalue weighted by atomic mass is 127. The third kappa shape index (κ3) is 5.95. The molecule has 0 spiro atoms. The Kier molecular flexibility index (Phi) is 9.08. The molecule has 0 amide bonds. The molecule has 0 saturated heterocycles. The van der Waals surface area contributed by atoms with Crippen LogP contribution >= 0.6 is 24.0 Å². The summed E-state index contributed by atoms with van der Waals surface area (Å²) in [7, 11) is 3.55. The average Bonchev–Trinajstić information content (AvgIpc) is 2.56. The number of rotatable bonds is 7. The van der Waals surface area contributed by atoms with E-state index in [4.69, 9.17) is 10.00 Å². The molecule has 0 radical (unpaired) electrons. The Bertz CT molecular complexity index is 561. The second-order valence-corrected chi connectivity index (χ2v) is 6.18. The van der Waals surface area contributed by atoms with Gasteiger partial charge in [0.15, 0.2) is 5.96 Å². The summed E-state index contributed by atoms with van der Waals surface area (Å²) in [5, 5.41) is 15.6. The van der Waals surface area contributed by atoms with Crippen molar-refractivity contribution >= 4 is 29.9 Å². The zero-order chi connectivity index (χ0) is 16.5. The minimum Gasteiger partial charge on any atom is -0.385 e. The number of hydrogen-bond acceptors (Lipinski definition) is 3. The Labute approximate surface area is 161 Å². The van der Waals surface area contributed by atoms with Crippen molar-refractivity contribution in [3.05, 3.63) is 35.4 Å². The second-order valence-electron chi connectivity index (χ2n) is 6.18. The van der Waals surface area contributed by atoms with E-state index in [-0.39, 0.29) is 24.0 Å². The highest BCUT2D eigenvalue weighted by Crippen LogP contribution is 2.43. The molecule has 0 unspecified atom stereocenters. The van der Waals surface area contributed by atoms with E-state index in [0.29, 0.717) is 17.5 Å². The summed E-state index contributed by atoms with van der Waals surface area (Å²) in [5.74, 6) is 0.818. The summed E-state index contributed by atoms with van der Waals surface area (Å²) in [6.07, 6.45) is 4.93. The van der Waals surface area contributed by atoms with E-state index in [9.17, 15) is 0 Å². The summed E-state index contributed by atoms with van der Waals surface area (Å²) in [4.78, 5) is 4.29. The number of nitriles is 1. The molecule has 2 N–H and O–H groups in total. The van der Waals surface area contributed by atoms with Crippen LogP contribution in [0, 0.1) is 16.7 Å². The van der Waals surface area contributed by atoms with Crippen molar-refractivity contribution < 1.29 is 4.74 Å². The number of nitrogens with one attached hydrogen (secondary N) is 2. The van der Waals surface area contributed by atoms with Crippen molar-refractivity contribution in [3.63, 3.8) is 0 Å². The van der Waals surface area contributed by atoms with Crippen LogP contribution in [-0.2, 0) is 11.3 Å². The minimum absolute atomic E-state index is 0. The molecular weight excluding hydrogens is 415 g/mol. The maximum Gasteiger partial charge on any atom is 0.191 e. The van der Waals surface area contributed by atoms with Crippen LogP contribution in [0.3, 0.4) is 0 Å². The molecule has 0 aliphatic heterocycles. The normalized spacial score (nSPS) is 15.6. The lowest BCUT2D eigenvalue weighted by molar-refractivity contribution is 0.0732. The smallest absolute Gasteiger partial charge is 0.191 e. The van der Waals surface area contributed by atoms with E-state index < -0.39 is 0 Å². The number of aliphatic imine (C=N–C) groups is 1. The molecule has 2 rings (SSSR count). The summed E-state index contributed by atoms with van der Waals surface area (Å²) in [6, 6.07) is 9.73. The van der Waals surface area contributed by atoms with Gasteiger partial charge in [0.05, 0.1) is 11.6 Å². The Hall–Kier alpha value is -1.33. The van der Waals surface area contributed by atoms with Crippen LogP contribution in [0.5, 0.6) is 0 Å². The van der Waals surface area contributed by atoms with Crippen molar-refractivity contribution in [3.8, 4) is 6.07 Å². The average molecular weight is 442 g/mol. The molecule has 1 fully saturated rings. The first-order chi connectivity index (χ1) is 11.2. The van der Waals surface area contributed by atoms with Gasteiger partial charge in [-0.2, -0.15) is 5.26 Å². The van der Waals surface area contributed by atoms with Gasteiger partial charge in [-0.05, 0) is 42.4 Å². The molecule has 1 aromatic rings. The molecule has 1 aliphatic rings. The van der Waals surface area contributed by atoms with Crippen LogP contribution in [0.1, 0.15) is 36.8 Å². The molecule has 1 saturated carbocycles. The van der Waals surface area contributed by atoms with Crippen molar-refractivity contribution in [2.75, 3.05) is 27.3 Å². The molecular formula is C18H27IN4O. The first kappa shape index (κ1) is 20.7. The number of halogens is 1. The molecule has 0 heterocycles. The van der Waals surface area contributed by atoms with Crippen molar-refractivity contribution in [2.24, 2.45) is 10.4 Å². The molecule has 1 aliphatic carbocycles. The van der Waals surface area contributed by atoms with Gasteiger partial charge in [0.1, 0.15) is 0 Å². The van der Waals surface area contributed by atoms with E-state index in [1.807, 2.05) is 24.3 Å². The van der Waals surface area contributed by atoms with Gasteiger partial charge >= 0.3 is 0 Å². The largest absolute Gasteiger partial charge is 0.385 e. The summed E-state index contributed by atoms with van der Waals surface area (Å²) >= 11 is 0. The Morgan fingerprint density at radius 3 is 2.50 bits per heavy atom. The molecule has 0 bridgehead atoms. The molecule has 5 nitrogen and oxygen atoms in total. The standard InChI is InChI=1S/C18H26N4O.HI/c1-20-17(21-13-16-6-4-15(12-19)5-7-16)22-14-18(8-3-9-18)10-11-23-2;/h4-7H,3,8-11,13-14H2,1-2H3,(H2,20,21,22);1H. The SMILES string of the molecule is CN=C(NCc1ccc(C#N)cc1)NCC1(CCOC)CCC1.I. The fraction of sp³-hybridized carbons (Fsp3) is 0.556. The number of hydrogen-bond donors (Lipinski definition) is 2. The molecule has 0 aromatic heterocycles. The molecule has 24 heavy (non-hydrogen) atoms. The monoisotopic (exact) mass is 442 g/mol. The fourth-order valence-corrected chi connectivity index (χ4v) is 2.89. The first-order valence-electron chi connectivity index (χ1n) is 8.14. The van der Waals surface area contributed by atoms with Crippen LogP contribution < -0.4 is 10.6 Å². The van der Waals surface area contributed by atoms with Crippen molar-refractivity contribution in [1.29, 1.82) is 5.26 Å². The highest BCUT2D eigenvalue weighted by molar-refractivity contribution is 14.0. The van der Waals surface area contributed by atoms with Crippen LogP contribution in [0.15, 0.2) is 29.3 Å². The van der Waals surface area contributed by atoms with Gasteiger partial charge in [0.2, 0.25) is 0 Å². The van der Waals surface area contributed by atoms with E-state index in [1.165, 1.54) is 19.3 Å². The third-order valence-corrected chi connectivity index (χ3v) is 4.65. The summed E-state index contributed by atoms with van der Waals surface area (Å²) < 4.78 is 5.23. The zero-order valence-corrected chi connectivity index (χ0v) is 16.8. The van der Waals surface area contributed by atoms with Gasteiger partial charge in [-0.15, -0.1) is 24.0 Å². The summed E-state index contributed by atoms with van der Waals surface area (Å²) in [5.41, 5.74) is 2.17. The Morgan fingerprint density at radius 2 is 2.00 bits per heavy atom. The first-order valence-corrected chi connectivity index (χ1v) is 8.14. The van der Waals surface area contributed by atoms with Gasteiger partial charge in [-0.3, -0.25) is 4.99 Å². The number of ether oxygens (including phenoxy) is 1. The van der Waals surface area contributed by atoms with E-state index in [0.717, 1.165) is 31.1 Å². The predicted molar refractivity (Wildman–Crippen MR) is 108 cm³/mol. The van der Waals surface area contributed by atoms with Crippen LogP contribution in [0.4, 0.5) is 0 Å². The number of nitrogens with zero attached hydrogens (tertiary/aromatic N) is 2. The number of benzene rings is 1. The Morgan fingerprint density at radius 1 is 1.29 bits per heavy atom. The van der Waals surface area contributed by atoms with Gasteiger partial charge in [0, 0.05) is 33.9 Å². The number of methoxy groups -OCH3 is 1. The van der Waals surface area contributed by atoms with Crippen LogP contribution in [-0.4, -0.2) is 33.3 Å². The fourth-order valence-electron chi connectivity index (χ4n) is 2.89. The Balaban J connectivity index is 0.00000288. The maximum atomic E-state index is 8.82. The van der Waals surface area contributed by atoms with Crippen LogP contribution in [0.25, 0.3) is 0 Å². The van der Waals surface area contributed by atoms with Gasteiger partial charge in [0.25, 0.3) is 0 Å². The molecule has 132 valence electrons. The lowest BCUT2D eigenvalue weighted by Crippen LogP contribution is -2.46. The zero-order valence-electron chi connectivity index (χ0n) is 14.5. The van der Waals surface area contributed by atoms with Crippen LogP contribution in [0.2, 0.25) is 0 Å². The topological polar surface area (TPSA) is 69.4 Å². The predicted octanol–water partition coefficient (Wildman–Crippen LogP) is 3.05. The van der Waals surface area contributed by atoms with E-state index in [2.05, 4.69) is 21.7 Å². The van der Waals surface area contributed by atoms with Crippen molar-refractivity contribution in [2.45, 2.75) is 32.2 Å². The molecule has 0 atom stereocenters. The van der Waals surface area contributed by atoms with Gasteiger partial charge < -0.3 is 15.4 Å². The van der Waals surface area contributed by atoms with E-state index in [1.54, 1.807) is 14.2 Å².